The predicted molar refractivity (Wildman–Crippen MR) is 121 cm³/mol. The summed E-state index contributed by atoms with van der Waals surface area (Å²) in [6.45, 7) is 1.79. The van der Waals surface area contributed by atoms with Crippen LogP contribution in [-0.4, -0.2) is 36.4 Å². The summed E-state index contributed by atoms with van der Waals surface area (Å²) in [5.41, 5.74) is -1.08. The van der Waals surface area contributed by atoms with Gasteiger partial charge in [-0.3, -0.25) is 14.4 Å². The van der Waals surface area contributed by atoms with Crippen LogP contribution in [0.4, 0.5) is 30.2 Å². The average Bonchev–Trinajstić information content (AvgIpc) is 2.78. The van der Waals surface area contributed by atoms with Crippen LogP contribution in [0.2, 0.25) is 0 Å². The summed E-state index contributed by atoms with van der Waals surface area (Å²) < 4.78 is 41.0. The van der Waals surface area contributed by atoms with Crippen molar-refractivity contribution in [3.05, 3.63) is 74.0 Å². The smallest absolute Gasteiger partial charge is 0.505 e. The fraction of sp³-hybridized carbons (Fsp3) is 0.261. The summed E-state index contributed by atoms with van der Waals surface area (Å²) in [6.07, 6.45) is -4.37. The van der Waals surface area contributed by atoms with Gasteiger partial charge in [-0.25, -0.2) is 0 Å². The molecule has 34 heavy (non-hydrogen) atoms. The van der Waals surface area contributed by atoms with E-state index in [0.29, 0.717) is 12.0 Å². The highest BCUT2D eigenvalue weighted by molar-refractivity contribution is 5.99. The van der Waals surface area contributed by atoms with E-state index in [4.69, 9.17) is 0 Å². The molecule has 3 rings (SSSR count). The molecule has 1 atom stereocenters. The molecule has 0 heterocycles. The molecule has 0 aromatic heterocycles. The van der Waals surface area contributed by atoms with Gasteiger partial charge in [-0.05, 0) is 36.2 Å². The Morgan fingerprint density at radius 3 is 2.24 bits per heavy atom. The van der Waals surface area contributed by atoms with Gasteiger partial charge in [0.15, 0.2) is 5.75 Å². The van der Waals surface area contributed by atoms with Gasteiger partial charge in [-0.1, -0.05) is 25.1 Å². The van der Waals surface area contributed by atoms with Crippen molar-refractivity contribution in [1.29, 1.82) is 0 Å². The lowest BCUT2D eigenvalue weighted by atomic mass is 10.0. The van der Waals surface area contributed by atoms with Crippen LogP contribution in [0.5, 0.6) is 11.5 Å². The molecule has 11 heteroatoms. The van der Waals surface area contributed by atoms with Crippen molar-refractivity contribution < 1.29 is 27.8 Å². The van der Waals surface area contributed by atoms with Gasteiger partial charge in [0.1, 0.15) is 17.1 Å². The highest BCUT2D eigenvalue weighted by Gasteiger charge is 2.31. The van der Waals surface area contributed by atoms with E-state index in [1.165, 1.54) is 49.3 Å². The maximum Gasteiger partial charge on any atom is 0.573 e. The van der Waals surface area contributed by atoms with Crippen molar-refractivity contribution >= 4 is 23.0 Å². The lowest BCUT2D eigenvalue weighted by Crippen LogP contribution is -2.37. The number of hydrogen-bond acceptors (Lipinski definition) is 7. The van der Waals surface area contributed by atoms with E-state index in [1.807, 2.05) is 0 Å². The standard InChI is InChI=1S/C23H22F3N3O5/c1-4-15(12-8-10-13(11-9-12)34-23(24,25)26)27-17-18(21(32)20(17)31)28-16-7-5-6-14(19(16)30)22(33)29(2)3/h5-11,15,27-28,30H,4H2,1-3H3. The lowest BCUT2D eigenvalue weighted by molar-refractivity contribution is -0.274. The average molecular weight is 477 g/mol. The Kier molecular flexibility index (Phi) is 6.85. The molecule has 0 spiro atoms. The molecule has 0 aliphatic rings. The van der Waals surface area contributed by atoms with Crippen LogP contribution >= 0.6 is 0 Å². The third kappa shape index (κ3) is 5.13. The third-order valence-corrected chi connectivity index (χ3v) is 5.09. The number of anilines is 3. The van der Waals surface area contributed by atoms with Crippen molar-refractivity contribution in [2.45, 2.75) is 25.7 Å². The minimum atomic E-state index is -4.81. The molecule has 3 aromatic rings. The minimum Gasteiger partial charge on any atom is -0.505 e. The van der Waals surface area contributed by atoms with E-state index in [9.17, 15) is 32.7 Å². The van der Waals surface area contributed by atoms with Crippen LogP contribution in [-0.2, 0) is 0 Å². The Hall–Kier alpha value is -4.02. The Bertz CT molecular complexity index is 1260. The molecule has 3 N–H and O–H groups in total. The monoisotopic (exact) mass is 477 g/mol. The lowest BCUT2D eigenvalue weighted by Gasteiger charge is -2.23. The number of rotatable bonds is 8. The Morgan fingerprint density at radius 1 is 1.06 bits per heavy atom. The van der Waals surface area contributed by atoms with Crippen LogP contribution in [0.1, 0.15) is 35.3 Å². The van der Waals surface area contributed by atoms with Gasteiger partial charge in [0.05, 0.1) is 17.3 Å². The first kappa shape index (κ1) is 24.6. The van der Waals surface area contributed by atoms with Crippen molar-refractivity contribution in [1.82, 2.24) is 4.90 Å². The number of benzene rings is 2. The first-order valence-corrected chi connectivity index (χ1v) is 10.2. The van der Waals surface area contributed by atoms with Gasteiger partial charge in [0.25, 0.3) is 16.8 Å². The first-order valence-electron chi connectivity index (χ1n) is 10.2. The first-order chi connectivity index (χ1) is 15.9. The zero-order chi connectivity index (χ0) is 25.2. The number of halogens is 3. The maximum absolute atomic E-state index is 12.4. The number of phenolic OH excluding ortho intramolecular Hbond substituents is 1. The molecule has 0 bridgehead atoms. The number of carbonyl (C=O) groups is 1. The highest BCUT2D eigenvalue weighted by Crippen LogP contribution is 2.33. The van der Waals surface area contributed by atoms with Crippen molar-refractivity contribution in [3.63, 3.8) is 0 Å². The molecular weight excluding hydrogens is 455 g/mol. The van der Waals surface area contributed by atoms with Gasteiger partial charge < -0.3 is 25.4 Å². The second-order valence-corrected chi connectivity index (χ2v) is 7.66. The fourth-order valence-electron chi connectivity index (χ4n) is 3.34. The summed E-state index contributed by atoms with van der Waals surface area (Å²) in [5, 5.41) is 16.1. The predicted octanol–water partition coefficient (Wildman–Crippen LogP) is 3.90. The number of carbonyl (C=O) groups excluding carboxylic acids is 1. The van der Waals surface area contributed by atoms with E-state index >= 15 is 0 Å². The third-order valence-electron chi connectivity index (χ3n) is 5.09. The number of alkyl halides is 3. The molecule has 0 radical (unpaired) electrons. The summed E-state index contributed by atoms with van der Waals surface area (Å²) >= 11 is 0. The van der Waals surface area contributed by atoms with Gasteiger partial charge in [-0.2, -0.15) is 0 Å². The Balaban J connectivity index is 1.84. The largest absolute Gasteiger partial charge is 0.573 e. The number of para-hydroxylation sites is 1. The fourth-order valence-corrected chi connectivity index (χ4v) is 3.34. The zero-order valence-corrected chi connectivity index (χ0v) is 18.5. The second-order valence-electron chi connectivity index (χ2n) is 7.66. The van der Waals surface area contributed by atoms with Crippen molar-refractivity contribution in [3.8, 4) is 11.5 Å². The van der Waals surface area contributed by atoms with E-state index in [0.717, 1.165) is 12.1 Å². The Labute approximate surface area is 192 Å². The number of nitrogens with one attached hydrogen (secondary N) is 2. The zero-order valence-electron chi connectivity index (χ0n) is 18.5. The van der Waals surface area contributed by atoms with Crippen LogP contribution in [0, 0.1) is 0 Å². The molecule has 180 valence electrons. The van der Waals surface area contributed by atoms with E-state index in [-0.39, 0.29) is 34.1 Å². The normalized spacial score (nSPS) is 12.3. The van der Waals surface area contributed by atoms with Crippen LogP contribution in [0.25, 0.3) is 0 Å². The molecular formula is C23H22F3N3O5. The summed E-state index contributed by atoms with van der Waals surface area (Å²) in [4.78, 5) is 37.9. The summed E-state index contributed by atoms with van der Waals surface area (Å²) in [7, 11) is 3.04. The minimum absolute atomic E-state index is 0.0100. The van der Waals surface area contributed by atoms with Crippen LogP contribution in [0.15, 0.2) is 52.1 Å². The number of nitrogens with zero attached hydrogens (tertiary/aromatic N) is 1. The molecule has 0 saturated heterocycles. The SMILES string of the molecule is CCC(Nc1c(Nc2cccc(C(=O)N(C)C)c2O)c(=O)c1=O)c1ccc(OC(F)(F)F)cc1. The molecule has 0 saturated carbocycles. The molecule has 8 nitrogen and oxygen atoms in total. The molecule has 1 unspecified atom stereocenters. The van der Waals surface area contributed by atoms with Crippen molar-refractivity contribution in [2.24, 2.45) is 0 Å². The number of aromatic hydroxyl groups is 1. The number of amides is 1. The Morgan fingerprint density at radius 2 is 1.68 bits per heavy atom. The van der Waals surface area contributed by atoms with E-state index < -0.39 is 29.2 Å². The van der Waals surface area contributed by atoms with Crippen LogP contribution < -0.4 is 26.2 Å². The molecule has 0 aliphatic carbocycles. The molecule has 1 amide bonds. The van der Waals surface area contributed by atoms with Gasteiger partial charge >= 0.3 is 6.36 Å². The van der Waals surface area contributed by atoms with Gasteiger partial charge in [-0.15, -0.1) is 13.2 Å². The van der Waals surface area contributed by atoms with Gasteiger partial charge in [0.2, 0.25) is 0 Å². The molecule has 0 aliphatic heterocycles. The second kappa shape index (κ2) is 9.46. The van der Waals surface area contributed by atoms with Gasteiger partial charge in [0, 0.05) is 14.1 Å². The highest BCUT2D eigenvalue weighted by atomic mass is 19.4. The quantitative estimate of drug-likeness (QED) is 0.334. The summed E-state index contributed by atoms with van der Waals surface area (Å²) in [5.74, 6) is -1.22. The number of hydrogen-bond donors (Lipinski definition) is 3. The summed E-state index contributed by atoms with van der Waals surface area (Å²) in [6, 6.07) is 9.02. The number of ether oxygens (including phenoxy) is 1. The molecule has 0 fully saturated rings. The van der Waals surface area contributed by atoms with Crippen LogP contribution in [0.3, 0.4) is 0 Å². The van der Waals surface area contributed by atoms with Crippen molar-refractivity contribution in [2.75, 3.05) is 24.7 Å². The topological polar surface area (TPSA) is 108 Å². The van der Waals surface area contributed by atoms with E-state index in [2.05, 4.69) is 15.4 Å². The number of phenols is 1. The van der Waals surface area contributed by atoms with E-state index in [1.54, 1.807) is 6.92 Å². The maximum atomic E-state index is 12.4. The molecule has 3 aromatic carbocycles.